The second-order valence-electron chi connectivity index (χ2n) is 6.99. The summed E-state index contributed by atoms with van der Waals surface area (Å²) in [7, 11) is 0. The number of nitrogens with one attached hydrogen (secondary N) is 1. The summed E-state index contributed by atoms with van der Waals surface area (Å²) in [4.78, 5) is 37.6. The van der Waals surface area contributed by atoms with E-state index < -0.39 is 17.8 Å². The molecule has 2 heterocycles. The van der Waals surface area contributed by atoms with E-state index in [1.165, 1.54) is 30.0 Å². The predicted molar refractivity (Wildman–Crippen MR) is 129 cm³/mol. The Kier molecular flexibility index (Phi) is 6.03. The molecule has 166 valence electrons. The summed E-state index contributed by atoms with van der Waals surface area (Å²) < 4.78 is 6.01. The zero-order valence-corrected chi connectivity index (χ0v) is 18.7. The second-order valence-corrected chi connectivity index (χ2v) is 8.66. The first-order chi connectivity index (χ1) is 15.7. The lowest BCUT2D eigenvalue weighted by atomic mass is 10.1. The van der Waals surface area contributed by atoms with Gasteiger partial charge in [0.2, 0.25) is 5.91 Å². The van der Waals surface area contributed by atoms with Crippen LogP contribution in [0.4, 0.5) is 11.4 Å². The van der Waals surface area contributed by atoms with Crippen LogP contribution in [0.3, 0.4) is 0 Å². The van der Waals surface area contributed by atoms with Crippen LogP contribution < -0.4 is 10.2 Å². The maximum atomic E-state index is 13.0. The Hall–Kier alpha value is -3.89. The molecule has 8 nitrogen and oxygen atoms in total. The summed E-state index contributed by atoms with van der Waals surface area (Å²) in [5, 5.41) is 21.6. The van der Waals surface area contributed by atoms with Crippen molar-refractivity contribution >= 4 is 63.5 Å². The minimum absolute atomic E-state index is 0.108. The van der Waals surface area contributed by atoms with Crippen molar-refractivity contribution in [1.29, 1.82) is 0 Å². The Bertz CT molecular complexity index is 1340. The number of amides is 2. The third-order valence-corrected chi connectivity index (χ3v) is 5.93. The van der Waals surface area contributed by atoms with Gasteiger partial charge in [0, 0.05) is 18.6 Å². The molecule has 0 radical (unpaired) electrons. The number of carbonyl (C=O) groups excluding carboxylic acids is 2. The highest BCUT2D eigenvalue weighted by Gasteiger charge is 2.34. The highest BCUT2D eigenvalue weighted by molar-refractivity contribution is 8.27. The molecule has 3 N–H and O–H groups in total. The average Bonchev–Trinajstić information content (AvgIpc) is 3.32. The van der Waals surface area contributed by atoms with E-state index in [2.05, 4.69) is 5.32 Å². The van der Waals surface area contributed by atoms with Crippen LogP contribution in [0.2, 0.25) is 0 Å². The molecule has 0 bridgehead atoms. The van der Waals surface area contributed by atoms with Crippen LogP contribution in [0.5, 0.6) is 5.75 Å². The molecule has 0 atom stereocenters. The standard InChI is InChI=1S/C23H16N2O6S2/c1-12(26)24-18-7-5-14(10-17(18)22(29)30)25-21(28)20(33-23(25)32)11-16-6-8-19(31-16)13-3-2-4-15(27)9-13/h2-11,27H,1H3,(H,24,26)(H,29,30). The first-order valence-electron chi connectivity index (χ1n) is 9.55. The number of thiocarbonyl (C=S) groups is 1. The number of anilines is 2. The van der Waals surface area contributed by atoms with E-state index in [0.29, 0.717) is 22.0 Å². The molecule has 3 aromatic rings. The number of aromatic hydroxyl groups is 1. The van der Waals surface area contributed by atoms with Crippen molar-refractivity contribution in [2.75, 3.05) is 10.2 Å². The lowest BCUT2D eigenvalue weighted by Gasteiger charge is -2.16. The summed E-state index contributed by atoms with van der Waals surface area (Å²) >= 11 is 6.41. The van der Waals surface area contributed by atoms with E-state index in [9.17, 15) is 24.6 Å². The lowest BCUT2D eigenvalue weighted by Crippen LogP contribution is -2.27. The van der Waals surface area contributed by atoms with Gasteiger partial charge in [0.15, 0.2) is 4.32 Å². The molecule has 33 heavy (non-hydrogen) atoms. The van der Waals surface area contributed by atoms with Gasteiger partial charge < -0.3 is 19.9 Å². The molecule has 1 aliphatic heterocycles. The first-order valence-corrected chi connectivity index (χ1v) is 10.8. The fourth-order valence-electron chi connectivity index (χ4n) is 3.21. The van der Waals surface area contributed by atoms with Crippen molar-refractivity contribution in [2.24, 2.45) is 0 Å². The molecule has 10 heteroatoms. The van der Waals surface area contributed by atoms with Gasteiger partial charge >= 0.3 is 5.97 Å². The van der Waals surface area contributed by atoms with Crippen LogP contribution in [0.1, 0.15) is 23.0 Å². The second kappa shape index (κ2) is 8.93. The Morgan fingerprint density at radius 3 is 2.64 bits per heavy atom. The fourth-order valence-corrected chi connectivity index (χ4v) is 4.49. The van der Waals surface area contributed by atoms with E-state index in [1.54, 1.807) is 42.5 Å². The SMILES string of the molecule is CC(=O)Nc1ccc(N2C(=O)C(=Cc3ccc(-c4cccc(O)c4)o3)SC2=S)cc1C(=O)O. The van der Waals surface area contributed by atoms with Gasteiger partial charge in [-0.1, -0.05) is 36.1 Å². The van der Waals surface area contributed by atoms with Gasteiger partial charge in [-0.15, -0.1) is 0 Å². The van der Waals surface area contributed by atoms with Gasteiger partial charge in [-0.05, 0) is 42.5 Å². The Morgan fingerprint density at radius 2 is 1.94 bits per heavy atom. The highest BCUT2D eigenvalue weighted by Crippen LogP contribution is 2.38. The minimum atomic E-state index is -1.25. The number of thioether (sulfide) groups is 1. The Balaban J connectivity index is 1.62. The van der Waals surface area contributed by atoms with Crippen LogP contribution in [-0.2, 0) is 9.59 Å². The molecular formula is C23H16N2O6S2. The van der Waals surface area contributed by atoms with E-state index in [-0.39, 0.29) is 27.0 Å². The van der Waals surface area contributed by atoms with Gasteiger partial charge in [-0.3, -0.25) is 14.5 Å². The molecular weight excluding hydrogens is 464 g/mol. The number of nitrogens with zero attached hydrogens (tertiary/aromatic N) is 1. The number of phenolic OH excluding ortho intramolecular Hbond substituents is 1. The number of benzene rings is 2. The van der Waals surface area contributed by atoms with Crippen LogP contribution in [-0.4, -0.2) is 32.3 Å². The third-order valence-electron chi connectivity index (χ3n) is 4.63. The van der Waals surface area contributed by atoms with Crippen molar-refractivity contribution < 1.29 is 29.0 Å². The molecule has 0 aliphatic carbocycles. The van der Waals surface area contributed by atoms with E-state index in [4.69, 9.17) is 16.6 Å². The zero-order valence-electron chi connectivity index (χ0n) is 17.1. The third kappa shape index (κ3) is 4.66. The summed E-state index contributed by atoms with van der Waals surface area (Å²) in [6.07, 6.45) is 1.55. The van der Waals surface area contributed by atoms with Crippen molar-refractivity contribution in [3.05, 3.63) is 70.8 Å². The molecule has 1 aromatic heterocycles. The average molecular weight is 481 g/mol. The number of aromatic carboxylic acids is 1. The molecule has 4 rings (SSSR count). The molecule has 2 aromatic carbocycles. The number of carboxylic acids is 1. The van der Waals surface area contributed by atoms with E-state index >= 15 is 0 Å². The maximum Gasteiger partial charge on any atom is 0.337 e. The van der Waals surface area contributed by atoms with E-state index in [0.717, 1.165) is 11.8 Å². The van der Waals surface area contributed by atoms with Crippen LogP contribution in [0, 0.1) is 0 Å². The quantitative estimate of drug-likeness (QED) is 0.355. The highest BCUT2D eigenvalue weighted by atomic mass is 32.2. The Labute approximate surface area is 197 Å². The molecule has 2 amide bonds. The lowest BCUT2D eigenvalue weighted by molar-refractivity contribution is -0.114. The summed E-state index contributed by atoms with van der Waals surface area (Å²) in [6, 6.07) is 14.2. The minimum Gasteiger partial charge on any atom is -0.508 e. The maximum absolute atomic E-state index is 13.0. The smallest absolute Gasteiger partial charge is 0.337 e. The van der Waals surface area contributed by atoms with Crippen molar-refractivity contribution in [3.63, 3.8) is 0 Å². The fraction of sp³-hybridized carbons (Fsp3) is 0.0435. The molecule has 0 unspecified atom stereocenters. The van der Waals surface area contributed by atoms with Gasteiger partial charge in [0.05, 0.1) is 21.8 Å². The van der Waals surface area contributed by atoms with Gasteiger partial charge in [0.25, 0.3) is 5.91 Å². The van der Waals surface area contributed by atoms with Crippen LogP contribution in [0.15, 0.2) is 63.9 Å². The number of carboxylic acid groups (broad SMARTS) is 1. The predicted octanol–water partition coefficient (Wildman–Crippen LogP) is 4.71. The van der Waals surface area contributed by atoms with Gasteiger partial charge in [-0.2, -0.15) is 0 Å². The summed E-state index contributed by atoms with van der Waals surface area (Å²) in [6.45, 7) is 1.27. The topological polar surface area (TPSA) is 120 Å². The van der Waals surface area contributed by atoms with Crippen molar-refractivity contribution in [1.82, 2.24) is 0 Å². The number of hydrogen-bond donors (Lipinski definition) is 3. The monoisotopic (exact) mass is 480 g/mol. The number of phenols is 1. The van der Waals surface area contributed by atoms with Crippen molar-refractivity contribution in [3.8, 4) is 17.1 Å². The number of carbonyl (C=O) groups is 3. The first kappa shape index (κ1) is 22.3. The summed E-state index contributed by atoms with van der Waals surface area (Å²) in [5.74, 6) is -1.05. The van der Waals surface area contributed by atoms with E-state index in [1.807, 2.05) is 0 Å². The van der Waals surface area contributed by atoms with Crippen LogP contribution in [0.25, 0.3) is 17.4 Å². The summed E-state index contributed by atoms with van der Waals surface area (Å²) in [5.41, 5.74) is 0.910. The van der Waals surface area contributed by atoms with Gasteiger partial charge in [0.1, 0.15) is 17.3 Å². The molecule has 0 saturated carbocycles. The number of rotatable bonds is 5. The molecule has 1 aliphatic rings. The van der Waals surface area contributed by atoms with Crippen LogP contribution >= 0.6 is 24.0 Å². The number of furan rings is 1. The Morgan fingerprint density at radius 1 is 1.15 bits per heavy atom. The molecule has 1 fully saturated rings. The molecule has 0 spiro atoms. The zero-order chi connectivity index (χ0) is 23.7. The normalized spacial score (nSPS) is 14.7. The molecule has 1 saturated heterocycles. The number of hydrogen-bond acceptors (Lipinski definition) is 7. The van der Waals surface area contributed by atoms with Gasteiger partial charge in [-0.25, -0.2) is 4.79 Å². The van der Waals surface area contributed by atoms with Crippen molar-refractivity contribution in [2.45, 2.75) is 6.92 Å². The largest absolute Gasteiger partial charge is 0.508 e.